The summed E-state index contributed by atoms with van der Waals surface area (Å²) in [4.78, 5) is 0. The largest absolute Gasteiger partial charge is 0.495 e. The average Bonchev–Trinajstić information content (AvgIpc) is 2.47. The third-order valence-corrected chi connectivity index (χ3v) is 3.78. The fourth-order valence-corrected chi connectivity index (χ4v) is 1.88. The van der Waals surface area contributed by atoms with Crippen molar-refractivity contribution in [3.05, 3.63) is 23.5 Å². The van der Waals surface area contributed by atoms with Crippen LogP contribution in [-0.4, -0.2) is 18.3 Å². The van der Waals surface area contributed by atoms with Gasteiger partial charge in [0.2, 0.25) is 0 Å². The van der Waals surface area contributed by atoms with Crippen molar-refractivity contribution in [3.8, 4) is 6.07 Å². The Morgan fingerprint density at radius 1 is 1.21 bits per heavy atom. The SMILES string of the molecule is CC1(C)OB(c2cc(N)c(C#N)c(F)c2)OC1(C)C. The van der Waals surface area contributed by atoms with Crippen LogP contribution in [0.5, 0.6) is 0 Å². The minimum Gasteiger partial charge on any atom is -0.399 e. The molecule has 1 aromatic carbocycles. The van der Waals surface area contributed by atoms with Crippen LogP contribution in [0.3, 0.4) is 0 Å². The van der Waals surface area contributed by atoms with Crippen molar-refractivity contribution in [3.63, 3.8) is 0 Å². The van der Waals surface area contributed by atoms with E-state index < -0.39 is 24.1 Å². The van der Waals surface area contributed by atoms with Gasteiger partial charge in [0.1, 0.15) is 17.4 Å². The second-order valence-electron chi connectivity index (χ2n) is 5.67. The summed E-state index contributed by atoms with van der Waals surface area (Å²) in [6.07, 6.45) is 0. The lowest BCUT2D eigenvalue weighted by atomic mass is 9.78. The van der Waals surface area contributed by atoms with Crippen LogP contribution < -0.4 is 11.2 Å². The highest BCUT2D eigenvalue weighted by Gasteiger charge is 2.51. The molecule has 0 spiro atoms. The van der Waals surface area contributed by atoms with Gasteiger partial charge in [-0.3, -0.25) is 0 Å². The van der Waals surface area contributed by atoms with Crippen LogP contribution in [-0.2, 0) is 9.31 Å². The topological polar surface area (TPSA) is 68.3 Å². The number of hydrogen-bond acceptors (Lipinski definition) is 4. The van der Waals surface area contributed by atoms with E-state index in [-0.39, 0.29) is 11.3 Å². The summed E-state index contributed by atoms with van der Waals surface area (Å²) < 4.78 is 25.3. The Balaban J connectivity index is 2.39. The Morgan fingerprint density at radius 3 is 2.16 bits per heavy atom. The first kappa shape index (κ1) is 13.8. The van der Waals surface area contributed by atoms with Crippen LogP contribution in [0.1, 0.15) is 33.3 Å². The zero-order valence-corrected chi connectivity index (χ0v) is 11.5. The highest BCUT2D eigenvalue weighted by atomic mass is 19.1. The highest BCUT2D eigenvalue weighted by molar-refractivity contribution is 6.62. The first-order valence-corrected chi connectivity index (χ1v) is 6.02. The number of nitrogens with zero attached hydrogens (tertiary/aromatic N) is 1. The van der Waals surface area contributed by atoms with Crippen molar-refractivity contribution in [2.45, 2.75) is 38.9 Å². The maximum absolute atomic E-state index is 13.7. The summed E-state index contributed by atoms with van der Waals surface area (Å²) in [6.45, 7) is 7.65. The zero-order valence-electron chi connectivity index (χ0n) is 11.5. The van der Waals surface area contributed by atoms with Crippen molar-refractivity contribution < 1.29 is 13.7 Å². The van der Waals surface area contributed by atoms with Gasteiger partial charge in [0, 0.05) is 0 Å². The molecular weight excluding hydrogens is 246 g/mol. The summed E-state index contributed by atoms with van der Waals surface area (Å²) >= 11 is 0. The van der Waals surface area contributed by atoms with Gasteiger partial charge in [-0.15, -0.1) is 0 Å². The molecule has 19 heavy (non-hydrogen) atoms. The first-order valence-electron chi connectivity index (χ1n) is 6.02. The normalized spacial score (nSPS) is 20.3. The van der Waals surface area contributed by atoms with Crippen molar-refractivity contribution in [2.75, 3.05) is 5.73 Å². The second-order valence-corrected chi connectivity index (χ2v) is 5.67. The van der Waals surface area contributed by atoms with E-state index in [0.29, 0.717) is 5.46 Å². The van der Waals surface area contributed by atoms with Crippen LogP contribution in [0.15, 0.2) is 12.1 Å². The lowest BCUT2D eigenvalue weighted by molar-refractivity contribution is 0.00578. The second kappa shape index (κ2) is 4.22. The molecule has 0 unspecified atom stereocenters. The Hall–Kier alpha value is -1.58. The molecule has 0 saturated carbocycles. The standard InChI is InChI=1S/C13H16BFN2O2/c1-12(2)13(3,4)19-14(18-12)8-5-10(15)9(7-16)11(17)6-8/h5-6H,17H2,1-4H3. The molecule has 0 amide bonds. The van der Waals surface area contributed by atoms with Crippen molar-refractivity contribution in [2.24, 2.45) is 0 Å². The summed E-state index contributed by atoms with van der Waals surface area (Å²) in [7, 11) is -0.686. The molecule has 2 rings (SSSR count). The molecule has 1 aliphatic heterocycles. The number of halogens is 1. The Kier molecular flexibility index (Phi) is 3.08. The smallest absolute Gasteiger partial charge is 0.399 e. The summed E-state index contributed by atoms with van der Waals surface area (Å²) in [6, 6.07) is 4.48. The third kappa shape index (κ3) is 2.20. The Bertz CT molecular complexity index is 527. The number of nitrogens with two attached hydrogens (primary N) is 1. The molecule has 0 atom stereocenters. The molecular formula is C13H16BFN2O2. The van der Waals surface area contributed by atoms with Crippen LogP contribution in [0.25, 0.3) is 0 Å². The van der Waals surface area contributed by atoms with Gasteiger partial charge in [-0.25, -0.2) is 4.39 Å². The van der Waals surface area contributed by atoms with Crippen molar-refractivity contribution in [1.82, 2.24) is 0 Å². The molecule has 2 N–H and O–H groups in total. The number of nitriles is 1. The maximum atomic E-state index is 13.7. The molecule has 1 saturated heterocycles. The van der Waals surface area contributed by atoms with Gasteiger partial charge in [-0.1, -0.05) is 0 Å². The quantitative estimate of drug-likeness (QED) is 0.616. The van der Waals surface area contributed by atoms with E-state index >= 15 is 0 Å². The lowest BCUT2D eigenvalue weighted by Gasteiger charge is -2.32. The Morgan fingerprint density at radius 2 is 1.74 bits per heavy atom. The number of rotatable bonds is 1. The summed E-state index contributed by atoms with van der Waals surface area (Å²) in [5, 5.41) is 8.79. The van der Waals surface area contributed by atoms with E-state index in [1.54, 1.807) is 6.07 Å². The van der Waals surface area contributed by atoms with Gasteiger partial charge < -0.3 is 15.0 Å². The molecule has 1 aliphatic rings. The van der Waals surface area contributed by atoms with Crippen molar-refractivity contribution >= 4 is 18.3 Å². The number of benzene rings is 1. The van der Waals surface area contributed by atoms with Gasteiger partial charge in [-0.05, 0) is 45.3 Å². The molecule has 4 nitrogen and oxygen atoms in total. The molecule has 100 valence electrons. The third-order valence-electron chi connectivity index (χ3n) is 3.78. The predicted molar refractivity (Wildman–Crippen MR) is 71.2 cm³/mol. The lowest BCUT2D eigenvalue weighted by Crippen LogP contribution is -2.41. The van der Waals surface area contributed by atoms with E-state index in [2.05, 4.69) is 0 Å². The molecule has 0 aromatic heterocycles. The summed E-state index contributed by atoms with van der Waals surface area (Å²) in [5.41, 5.74) is 5.07. The van der Waals surface area contributed by atoms with Crippen molar-refractivity contribution in [1.29, 1.82) is 5.26 Å². The van der Waals surface area contributed by atoms with Gasteiger partial charge in [0.25, 0.3) is 0 Å². The molecule has 6 heteroatoms. The summed E-state index contributed by atoms with van der Waals surface area (Å²) in [5.74, 6) is -0.660. The monoisotopic (exact) mass is 262 g/mol. The van der Waals surface area contributed by atoms with E-state index in [9.17, 15) is 4.39 Å². The van der Waals surface area contributed by atoms with E-state index in [1.807, 2.05) is 27.7 Å². The zero-order chi connectivity index (χ0) is 14.4. The van der Waals surface area contributed by atoms with Crippen LogP contribution in [0, 0.1) is 17.1 Å². The van der Waals surface area contributed by atoms with Gasteiger partial charge in [0.15, 0.2) is 0 Å². The first-order chi connectivity index (χ1) is 8.68. The number of nitrogen functional groups attached to an aromatic ring is 1. The number of anilines is 1. The van der Waals surface area contributed by atoms with Gasteiger partial charge >= 0.3 is 7.12 Å². The molecule has 0 radical (unpaired) electrons. The number of hydrogen-bond donors (Lipinski definition) is 1. The van der Waals surface area contributed by atoms with Crippen LogP contribution in [0.4, 0.5) is 10.1 Å². The van der Waals surface area contributed by atoms with E-state index in [1.165, 1.54) is 12.1 Å². The maximum Gasteiger partial charge on any atom is 0.495 e. The predicted octanol–water partition coefficient (Wildman–Crippen LogP) is 1.58. The Labute approximate surface area is 112 Å². The molecule has 0 aliphatic carbocycles. The van der Waals surface area contributed by atoms with Gasteiger partial charge in [0.05, 0.1) is 16.9 Å². The fraction of sp³-hybridized carbons (Fsp3) is 0.462. The van der Waals surface area contributed by atoms with Crippen LogP contribution in [0.2, 0.25) is 0 Å². The molecule has 1 aromatic rings. The highest BCUT2D eigenvalue weighted by Crippen LogP contribution is 2.36. The minimum absolute atomic E-state index is 0.0900. The average molecular weight is 262 g/mol. The molecule has 1 fully saturated rings. The van der Waals surface area contributed by atoms with Gasteiger partial charge in [-0.2, -0.15) is 5.26 Å². The van der Waals surface area contributed by atoms with E-state index in [0.717, 1.165) is 0 Å². The molecule has 1 heterocycles. The fourth-order valence-electron chi connectivity index (χ4n) is 1.88. The van der Waals surface area contributed by atoms with E-state index in [4.69, 9.17) is 20.3 Å². The van der Waals surface area contributed by atoms with Crippen LogP contribution >= 0.6 is 0 Å². The molecule has 0 bridgehead atoms. The minimum atomic E-state index is -0.686.